The van der Waals surface area contributed by atoms with E-state index in [1.54, 1.807) is 0 Å². The first-order valence-corrected chi connectivity index (χ1v) is 22.8. The Kier molecular flexibility index (Phi) is 38.5. The van der Waals surface area contributed by atoms with Gasteiger partial charge in [-0.25, -0.2) is 0 Å². The van der Waals surface area contributed by atoms with E-state index in [1.807, 2.05) is 0 Å². The summed E-state index contributed by atoms with van der Waals surface area (Å²) in [6.07, 6.45) is 34.6. The molecule has 0 bridgehead atoms. The summed E-state index contributed by atoms with van der Waals surface area (Å²) >= 11 is 0. The Bertz CT molecular complexity index is 690. The van der Waals surface area contributed by atoms with E-state index >= 15 is 0 Å². The molecule has 0 aromatic heterocycles. The highest BCUT2D eigenvalue weighted by molar-refractivity contribution is 5.72. The number of nitrogens with zero attached hydrogens (tertiary/aromatic N) is 1. The van der Waals surface area contributed by atoms with E-state index in [-0.39, 0.29) is 24.6 Å². The highest BCUT2D eigenvalue weighted by Gasteiger charge is 2.23. The van der Waals surface area contributed by atoms with Gasteiger partial charge >= 0.3 is 5.97 Å². The monoisotopic (exact) mass is 726 g/mol. The Labute approximate surface area is 318 Å². The molecule has 3 unspecified atom stereocenters. The molecule has 0 aliphatic rings. The lowest BCUT2D eigenvalue weighted by atomic mass is 9.89. The lowest BCUT2D eigenvalue weighted by Gasteiger charge is -2.31. The Morgan fingerprint density at radius 1 is 0.510 bits per heavy atom. The third-order valence-corrected chi connectivity index (χ3v) is 11.0. The molecule has 0 rings (SSSR count). The number of esters is 1. The normalized spacial score (nSPS) is 13.7. The Morgan fingerprint density at radius 2 is 0.941 bits per heavy atom. The molecule has 0 aliphatic carbocycles. The number of rotatable bonds is 41. The molecular weight excluding hydrogens is 634 g/mol. The second kappa shape index (κ2) is 39.0. The zero-order valence-corrected chi connectivity index (χ0v) is 34.9. The van der Waals surface area contributed by atoms with Gasteiger partial charge in [0.25, 0.3) is 0 Å². The fourth-order valence-corrected chi connectivity index (χ4v) is 7.55. The van der Waals surface area contributed by atoms with Crippen LogP contribution < -0.4 is 0 Å². The number of ether oxygens (including phenoxy) is 1. The minimum atomic E-state index is -0.475. The average molecular weight is 726 g/mol. The molecular formula is C45H91NO5. The summed E-state index contributed by atoms with van der Waals surface area (Å²) in [6, 6.07) is 0. The molecule has 0 saturated heterocycles. The van der Waals surface area contributed by atoms with Crippen LogP contribution in [0.1, 0.15) is 227 Å². The summed E-state index contributed by atoms with van der Waals surface area (Å²) in [5, 5.41) is 32.0. The van der Waals surface area contributed by atoms with Gasteiger partial charge in [-0.2, -0.15) is 0 Å². The van der Waals surface area contributed by atoms with E-state index in [2.05, 4.69) is 32.6 Å². The molecule has 6 heteroatoms. The molecule has 0 heterocycles. The second-order valence-corrected chi connectivity index (χ2v) is 16.1. The van der Waals surface area contributed by atoms with Gasteiger partial charge in [-0.3, -0.25) is 9.69 Å². The van der Waals surface area contributed by atoms with Crippen LogP contribution in [0.4, 0.5) is 0 Å². The molecule has 0 aromatic rings. The number of hydrogen-bond acceptors (Lipinski definition) is 6. The average Bonchev–Trinajstić information content (AvgIpc) is 3.12. The Balaban J connectivity index is 4.88. The van der Waals surface area contributed by atoms with E-state index in [0.29, 0.717) is 32.0 Å². The van der Waals surface area contributed by atoms with Crippen LogP contribution in [0.15, 0.2) is 0 Å². The predicted molar refractivity (Wildman–Crippen MR) is 219 cm³/mol. The van der Waals surface area contributed by atoms with Crippen LogP contribution in [0.3, 0.4) is 0 Å². The maximum absolute atomic E-state index is 13.0. The van der Waals surface area contributed by atoms with E-state index in [1.165, 1.54) is 128 Å². The number of hydrogen-bond donors (Lipinski definition) is 3. The molecule has 0 aliphatic heterocycles. The minimum Gasteiger partial charge on any atom is -0.465 e. The van der Waals surface area contributed by atoms with E-state index in [0.717, 1.165) is 70.8 Å². The molecule has 0 radical (unpaired) electrons. The van der Waals surface area contributed by atoms with Crippen molar-refractivity contribution in [1.82, 2.24) is 4.90 Å². The molecule has 0 aromatic carbocycles. The number of carbonyl (C=O) groups is 1. The van der Waals surface area contributed by atoms with Crippen LogP contribution in [0.2, 0.25) is 0 Å². The standard InChI is InChI=1S/C45H91NO5/c1-5-9-13-17-20-24-31-41(32-25-21-18-14-10-6-2)44(49)40-46(36-28-29-37-47)39-43(48)35-27-30-38-51-45(50)42(33-23-16-12-8-4)34-26-22-19-15-11-7-3/h41-44,47-49H,5-40H2,1-4H3. The highest BCUT2D eigenvalue weighted by Crippen LogP contribution is 2.24. The van der Waals surface area contributed by atoms with E-state index in [4.69, 9.17) is 4.74 Å². The summed E-state index contributed by atoms with van der Waals surface area (Å²) in [6.45, 7) is 11.5. The smallest absolute Gasteiger partial charge is 0.308 e. The highest BCUT2D eigenvalue weighted by atomic mass is 16.5. The van der Waals surface area contributed by atoms with Gasteiger partial charge in [0.1, 0.15) is 0 Å². The zero-order valence-electron chi connectivity index (χ0n) is 34.9. The first-order valence-electron chi connectivity index (χ1n) is 22.8. The quantitative estimate of drug-likeness (QED) is 0.0429. The van der Waals surface area contributed by atoms with Crippen LogP contribution >= 0.6 is 0 Å². The predicted octanol–water partition coefficient (Wildman–Crippen LogP) is 12.0. The van der Waals surface area contributed by atoms with Crippen molar-refractivity contribution < 1.29 is 24.9 Å². The molecule has 3 N–H and O–H groups in total. The largest absolute Gasteiger partial charge is 0.465 e. The van der Waals surface area contributed by atoms with Crippen molar-refractivity contribution in [3.05, 3.63) is 0 Å². The van der Waals surface area contributed by atoms with Crippen molar-refractivity contribution in [2.75, 3.05) is 32.8 Å². The van der Waals surface area contributed by atoms with E-state index < -0.39 is 6.10 Å². The van der Waals surface area contributed by atoms with Crippen molar-refractivity contribution >= 4 is 5.97 Å². The first-order chi connectivity index (χ1) is 24.9. The zero-order chi connectivity index (χ0) is 37.6. The number of carbonyl (C=O) groups excluding carboxylic acids is 1. The molecule has 0 amide bonds. The van der Waals surface area contributed by atoms with Gasteiger partial charge in [-0.1, -0.05) is 169 Å². The van der Waals surface area contributed by atoms with Gasteiger partial charge in [-0.05, 0) is 70.3 Å². The van der Waals surface area contributed by atoms with Crippen molar-refractivity contribution in [2.24, 2.45) is 11.8 Å². The Hall–Kier alpha value is -0.690. The van der Waals surface area contributed by atoms with Gasteiger partial charge in [0.05, 0.1) is 24.7 Å². The topological polar surface area (TPSA) is 90.2 Å². The SMILES string of the molecule is CCCCCCCCC(CCCCCC)C(=O)OCCCCC(O)CN(CCCCO)CC(O)C(CCCCCCCC)CCCCCCCC. The maximum Gasteiger partial charge on any atom is 0.308 e. The van der Waals surface area contributed by atoms with Crippen LogP contribution in [0.25, 0.3) is 0 Å². The summed E-state index contributed by atoms with van der Waals surface area (Å²) in [5.74, 6) is 0.329. The number of unbranched alkanes of at least 4 members (excludes halogenated alkanes) is 20. The van der Waals surface area contributed by atoms with Crippen molar-refractivity contribution in [3.8, 4) is 0 Å². The van der Waals surface area contributed by atoms with Crippen molar-refractivity contribution in [3.63, 3.8) is 0 Å². The fourth-order valence-electron chi connectivity index (χ4n) is 7.55. The van der Waals surface area contributed by atoms with Gasteiger partial charge in [0, 0.05) is 19.7 Å². The summed E-state index contributed by atoms with van der Waals surface area (Å²) < 4.78 is 5.80. The minimum absolute atomic E-state index is 0.0128. The molecule has 3 atom stereocenters. The van der Waals surface area contributed by atoms with E-state index in [9.17, 15) is 20.1 Å². The van der Waals surface area contributed by atoms with Crippen LogP contribution in [0.5, 0.6) is 0 Å². The molecule has 0 spiro atoms. The first kappa shape index (κ1) is 50.3. The number of aliphatic hydroxyl groups is 3. The van der Waals surface area contributed by atoms with Crippen LogP contribution in [-0.4, -0.2) is 71.2 Å². The second-order valence-electron chi connectivity index (χ2n) is 16.1. The van der Waals surface area contributed by atoms with Gasteiger partial charge in [0.15, 0.2) is 0 Å². The third kappa shape index (κ3) is 32.5. The summed E-state index contributed by atoms with van der Waals surface area (Å²) in [5.41, 5.74) is 0. The van der Waals surface area contributed by atoms with Crippen LogP contribution in [0, 0.1) is 11.8 Å². The maximum atomic E-state index is 13.0. The van der Waals surface area contributed by atoms with Crippen LogP contribution in [-0.2, 0) is 9.53 Å². The summed E-state index contributed by atoms with van der Waals surface area (Å²) in [4.78, 5) is 15.3. The fraction of sp³-hybridized carbons (Fsp3) is 0.978. The van der Waals surface area contributed by atoms with Gasteiger partial charge in [-0.15, -0.1) is 0 Å². The molecule has 0 fully saturated rings. The summed E-state index contributed by atoms with van der Waals surface area (Å²) in [7, 11) is 0. The lowest BCUT2D eigenvalue weighted by molar-refractivity contribution is -0.149. The molecule has 0 saturated carbocycles. The van der Waals surface area contributed by atoms with Gasteiger partial charge in [0.2, 0.25) is 0 Å². The molecule has 306 valence electrons. The van der Waals surface area contributed by atoms with Crippen molar-refractivity contribution in [2.45, 2.75) is 239 Å². The molecule has 6 nitrogen and oxygen atoms in total. The van der Waals surface area contributed by atoms with Crippen molar-refractivity contribution in [1.29, 1.82) is 0 Å². The Morgan fingerprint density at radius 3 is 1.43 bits per heavy atom. The molecule has 51 heavy (non-hydrogen) atoms. The number of aliphatic hydroxyl groups excluding tert-OH is 3. The third-order valence-electron chi connectivity index (χ3n) is 11.0. The van der Waals surface area contributed by atoms with Gasteiger partial charge < -0.3 is 20.1 Å². The lowest BCUT2D eigenvalue weighted by Crippen LogP contribution is -2.41.